The van der Waals surface area contributed by atoms with Crippen LogP contribution < -0.4 is 5.73 Å². The smallest absolute Gasteiger partial charge is 0.0956 e. The van der Waals surface area contributed by atoms with Crippen LogP contribution in [0.2, 0.25) is 0 Å². The Labute approximate surface area is 110 Å². The van der Waals surface area contributed by atoms with E-state index in [1.165, 1.54) is 0 Å². The summed E-state index contributed by atoms with van der Waals surface area (Å²) in [7, 11) is 0. The number of aromatic nitrogens is 2. The summed E-state index contributed by atoms with van der Waals surface area (Å²) in [5, 5.41) is 0. The molecule has 17 heavy (non-hydrogen) atoms. The monoisotopic (exact) mass is 293 g/mol. The lowest BCUT2D eigenvalue weighted by Crippen LogP contribution is -2.34. The van der Waals surface area contributed by atoms with Crippen LogP contribution in [0.25, 0.3) is 11.3 Å². The largest absolute Gasteiger partial charge is 0.328 e. The first-order chi connectivity index (χ1) is 8.06. The van der Waals surface area contributed by atoms with Gasteiger partial charge >= 0.3 is 0 Å². The van der Waals surface area contributed by atoms with Crippen molar-refractivity contribution in [2.75, 3.05) is 6.54 Å². The van der Waals surface area contributed by atoms with E-state index in [9.17, 15) is 0 Å². The Morgan fingerprint density at radius 1 is 1.35 bits per heavy atom. The third-order valence-corrected chi connectivity index (χ3v) is 3.63. The van der Waals surface area contributed by atoms with Gasteiger partial charge in [0.15, 0.2) is 0 Å². The fourth-order valence-electron chi connectivity index (χ4n) is 1.74. The van der Waals surface area contributed by atoms with E-state index in [0.717, 1.165) is 15.7 Å². The summed E-state index contributed by atoms with van der Waals surface area (Å²) in [4.78, 5) is 4.24. The van der Waals surface area contributed by atoms with E-state index in [1.807, 2.05) is 30.7 Å². The molecular formula is C13H16BrN3. The number of hydrogen-bond acceptors (Lipinski definition) is 2. The van der Waals surface area contributed by atoms with Crippen molar-refractivity contribution in [1.82, 2.24) is 9.55 Å². The maximum atomic E-state index is 5.82. The number of nitrogens with two attached hydrogens (primary N) is 1. The van der Waals surface area contributed by atoms with Crippen LogP contribution in [0.5, 0.6) is 0 Å². The number of rotatable bonds is 3. The summed E-state index contributed by atoms with van der Waals surface area (Å²) in [6.07, 6.45) is 3.71. The molecule has 1 heterocycles. The standard InChI is InChI=1S/C13H16BrN3/c1-13(2,8-15)17-9-16-7-12(17)10-5-3-4-6-11(10)14/h3-7,9H,8,15H2,1-2H3. The van der Waals surface area contributed by atoms with Gasteiger partial charge in [-0.3, -0.25) is 0 Å². The quantitative estimate of drug-likeness (QED) is 0.945. The zero-order chi connectivity index (χ0) is 12.5. The molecule has 0 aliphatic rings. The van der Waals surface area contributed by atoms with Crippen LogP contribution in [-0.2, 0) is 5.54 Å². The Balaban J connectivity index is 2.56. The molecule has 0 amide bonds. The zero-order valence-corrected chi connectivity index (χ0v) is 11.6. The van der Waals surface area contributed by atoms with E-state index in [1.54, 1.807) is 0 Å². The van der Waals surface area contributed by atoms with Crippen molar-refractivity contribution in [2.24, 2.45) is 5.73 Å². The van der Waals surface area contributed by atoms with Crippen LogP contribution in [0.1, 0.15) is 13.8 Å². The molecule has 0 aliphatic heterocycles. The summed E-state index contributed by atoms with van der Waals surface area (Å²) in [5.74, 6) is 0. The second-order valence-electron chi connectivity index (χ2n) is 4.65. The van der Waals surface area contributed by atoms with Gasteiger partial charge in [0, 0.05) is 16.6 Å². The fourth-order valence-corrected chi connectivity index (χ4v) is 2.23. The molecule has 2 rings (SSSR count). The van der Waals surface area contributed by atoms with E-state index in [2.05, 4.69) is 45.4 Å². The van der Waals surface area contributed by atoms with Crippen molar-refractivity contribution >= 4 is 15.9 Å². The molecule has 1 aromatic heterocycles. The maximum Gasteiger partial charge on any atom is 0.0956 e. The minimum Gasteiger partial charge on any atom is -0.328 e. The molecule has 0 atom stereocenters. The van der Waals surface area contributed by atoms with Crippen molar-refractivity contribution in [3.8, 4) is 11.3 Å². The molecule has 0 saturated heterocycles. The van der Waals surface area contributed by atoms with Crippen molar-refractivity contribution < 1.29 is 0 Å². The minimum atomic E-state index is -0.138. The SMILES string of the molecule is CC(C)(CN)n1cncc1-c1ccccc1Br. The highest BCUT2D eigenvalue weighted by Gasteiger charge is 2.21. The maximum absolute atomic E-state index is 5.82. The molecule has 0 saturated carbocycles. The van der Waals surface area contributed by atoms with Gasteiger partial charge in [-0.1, -0.05) is 34.1 Å². The molecule has 4 heteroatoms. The van der Waals surface area contributed by atoms with Crippen LogP contribution in [0, 0.1) is 0 Å². The van der Waals surface area contributed by atoms with Crippen molar-refractivity contribution in [2.45, 2.75) is 19.4 Å². The van der Waals surface area contributed by atoms with E-state index in [-0.39, 0.29) is 5.54 Å². The molecule has 2 aromatic rings. The van der Waals surface area contributed by atoms with E-state index >= 15 is 0 Å². The predicted molar refractivity (Wildman–Crippen MR) is 73.7 cm³/mol. The van der Waals surface area contributed by atoms with Gasteiger partial charge in [-0.15, -0.1) is 0 Å². The fraction of sp³-hybridized carbons (Fsp3) is 0.308. The summed E-state index contributed by atoms with van der Waals surface area (Å²) in [5.41, 5.74) is 7.89. The first kappa shape index (κ1) is 12.3. The lowest BCUT2D eigenvalue weighted by Gasteiger charge is -2.27. The molecule has 1 aromatic carbocycles. The summed E-state index contributed by atoms with van der Waals surface area (Å²) in [6, 6.07) is 8.13. The Bertz CT molecular complexity index is 517. The summed E-state index contributed by atoms with van der Waals surface area (Å²) >= 11 is 3.57. The average Bonchev–Trinajstić information content (AvgIpc) is 2.79. The second-order valence-corrected chi connectivity index (χ2v) is 5.50. The highest BCUT2D eigenvalue weighted by atomic mass is 79.9. The van der Waals surface area contributed by atoms with Crippen LogP contribution >= 0.6 is 15.9 Å². The zero-order valence-electron chi connectivity index (χ0n) is 10.0. The van der Waals surface area contributed by atoms with E-state index < -0.39 is 0 Å². The molecule has 3 nitrogen and oxygen atoms in total. The first-order valence-corrected chi connectivity index (χ1v) is 6.33. The van der Waals surface area contributed by atoms with Crippen LogP contribution in [0.3, 0.4) is 0 Å². The number of nitrogens with zero attached hydrogens (tertiary/aromatic N) is 2. The number of imidazole rings is 1. The van der Waals surface area contributed by atoms with Gasteiger partial charge in [-0.05, 0) is 19.9 Å². The van der Waals surface area contributed by atoms with Gasteiger partial charge in [0.05, 0.1) is 23.8 Å². The van der Waals surface area contributed by atoms with E-state index in [0.29, 0.717) is 6.54 Å². The highest BCUT2D eigenvalue weighted by Crippen LogP contribution is 2.30. The van der Waals surface area contributed by atoms with Gasteiger partial charge in [0.2, 0.25) is 0 Å². The molecule has 0 bridgehead atoms. The normalized spacial score (nSPS) is 11.8. The Hall–Kier alpha value is -1.13. The van der Waals surface area contributed by atoms with Gasteiger partial charge in [-0.2, -0.15) is 0 Å². The second kappa shape index (κ2) is 4.63. The Kier molecular flexibility index (Phi) is 3.35. The molecule has 90 valence electrons. The number of benzene rings is 1. The lowest BCUT2D eigenvalue weighted by atomic mass is 10.0. The third kappa shape index (κ3) is 2.28. The third-order valence-electron chi connectivity index (χ3n) is 2.94. The van der Waals surface area contributed by atoms with Crippen LogP contribution in [0.15, 0.2) is 41.3 Å². The molecule has 0 spiro atoms. The number of halogens is 1. The molecular weight excluding hydrogens is 278 g/mol. The van der Waals surface area contributed by atoms with Gasteiger partial charge < -0.3 is 10.3 Å². The number of hydrogen-bond donors (Lipinski definition) is 1. The molecule has 2 N–H and O–H groups in total. The predicted octanol–water partition coefficient (Wildman–Crippen LogP) is 3.01. The molecule has 0 unspecified atom stereocenters. The van der Waals surface area contributed by atoms with Crippen LogP contribution in [-0.4, -0.2) is 16.1 Å². The molecule has 0 radical (unpaired) electrons. The summed E-state index contributed by atoms with van der Waals surface area (Å²) < 4.78 is 3.18. The average molecular weight is 294 g/mol. The highest BCUT2D eigenvalue weighted by molar-refractivity contribution is 9.10. The molecule has 0 fully saturated rings. The first-order valence-electron chi connectivity index (χ1n) is 5.54. The van der Waals surface area contributed by atoms with E-state index in [4.69, 9.17) is 5.73 Å². The van der Waals surface area contributed by atoms with Gasteiger partial charge in [0.1, 0.15) is 0 Å². The van der Waals surface area contributed by atoms with Crippen molar-refractivity contribution in [1.29, 1.82) is 0 Å². The van der Waals surface area contributed by atoms with Gasteiger partial charge in [-0.25, -0.2) is 4.98 Å². The van der Waals surface area contributed by atoms with Crippen molar-refractivity contribution in [3.05, 3.63) is 41.3 Å². The van der Waals surface area contributed by atoms with Gasteiger partial charge in [0.25, 0.3) is 0 Å². The Morgan fingerprint density at radius 2 is 2.06 bits per heavy atom. The lowest BCUT2D eigenvalue weighted by molar-refractivity contribution is 0.370. The summed E-state index contributed by atoms with van der Waals surface area (Å²) in [6.45, 7) is 4.78. The minimum absolute atomic E-state index is 0.138. The Morgan fingerprint density at radius 3 is 2.71 bits per heavy atom. The molecule has 0 aliphatic carbocycles. The topological polar surface area (TPSA) is 43.8 Å². The van der Waals surface area contributed by atoms with Crippen molar-refractivity contribution in [3.63, 3.8) is 0 Å². The van der Waals surface area contributed by atoms with Crippen LogP contribution in [0.4, 0.5) is 0 Å².